The van der Waals surface area contributed by atoms with Gasteiger partial charge in [0.25, 0.3) is 5.91 Å². The molecule has 2 fully saturated rings. The van der Waals surface area contributed by atoms with Crippen LogP contribution >= 0.6 is 0 Å². The number of para-hydroxylation sites is 1. The molecule has 8 heteroatoms. The van der Waals surface area contributed by atoms with Gasteiger partial charge in [-0.15, -0.1) is 0 Å². The number of aliphatic hydroxyl groups is 1. The number of fused-ring (bicyclic) bond motifs is 4. The van der Waals surface area contributed by atoms with Crippen molar-refractivity contribution in [2.45, 2.75) is 24.2 Å². The summed E-state index contributed by atoms with van der Waals surface area (Å²) < 4.78 is 10.7. The standard InChI is InChI=1S/C21H16N2O6/c24-18-14(7-11-5-6-16-17(8-11)29-10-28-16)22-13-4-2-1-3-12(13)21(27)9-15(19(25)26)23(18)20(21)22/h1-8,15,20,27H,9-10H2,(H,25,26)/b14-7-/t15-,20+,21-/m0/s1. The lowest BCUT2D eigenvalue weighted by molar-refractivity contribution is -0.146. The summed E-state index contributed by atoms with van der Waals surface area (Å²) in [6, 6.07) is 11.5. The first-order valence-electron chi connectivity index (χ1n) is 9.27. The lowest BCUT2D eigenvalue weighted by Crippen LogP contribution is -2.45. The van der Waals surface area contributed by atoms with Gasteiger partial charge < -0.3 is 24.6 Å². The Morgan fingerprint density at radius 1 is 1.17 bits per heavy atom. The molecule has 8 nitrogen and oxygen atoms in total. The number of amides is 1. The van der Waals surface area contributed by atoms with Crippen LogP contribution in [0.25, 0.3) is 6.08 Å². The van der Waals surface area contributed by atoms with E-state index in [2.05, 4.69) is 0 Å². The van der Waals surface area contributed by atoms with E-state index in [0.29, 0.717) is 28.4 Å². The van der Waals surface area contributed by atoms with Crippen LogP contribution in [0.5, 0.6) is 11.5 Å². The number of hydrogen-bond acceptors (Lipinski definition) is 6. The number of carboxylic acids is 1. The highest BCUT2D eigenvalue weighted by Gasteiger charge is 2.68. The van der Waals surface area contributed by atoms with Crippen molar-refractivity contribution in [3.63, 3.8) is 0 Å². The minimum atomic E-state index is -1.43. The van der Waals surface area contributed by atoms with E-state index in [-0.39, 0.29) is 13.2 Å². The Hall–Kier alpha value is -3.52. The molecular formula is C21H16N2O6. The molecule has 0 spiro atoms. The van der Waals surface area contributed by atoms with Crippen LogP contribution in [0, 0.1) is 0 Å². The van der Waals surface area contributed by atoms with Gasteiger partial charge in [0.05, 0.1) is 0 Å². The van der Waals surface area contributed by atoms with E-state index in [1.54, 1.807) is 41.3 Å². The predicted molar refractivity (Wildman–Crippen MR) is 100 cm³/mol. The molecule has 29 heavy (non-hydrogen) atoms. The van der Waals surface area contributed by atoms with Crippen molar-refractivity contribution in [2.75, 3.05) is 11.7 Å². The lowest BCUT2D eigenvalue weighted by atomic mass is 9.91. The number of aliphatic carboxylic acids is 1. The highest BCUT2D eigenvalue weighted by molar-refractivity contribution is 6.08. The molecular weight excluding hydrogens is 376 g/mol. The molecule has 0 saturated carbocycles. The second-order valence-electron chi connectivity index (χ2n) is 7.60. The molecule has 2 saturated heterocycles. The molecule has 146 valence electrons. The second-order valence-corrected chi connectivity index (χ2v) is 7.60. The SMILES string of the molecule is O=C(O)[C@@H]1C[C@]2(O)c3ccccc3N3/C(=C\c4ccc5c(c4)OCO5)C(=O)N1[C@@H]32. The average molecular weight is 392 g/mol. The molecule has 4 heterocycles. The van der Waals surface area contributed by atoms with Gasteiger partial charge in [0, 0.05) is 17.7 Å². The Morgan fingerprint density at radius 3 is 2.79 bits per heavy atom. The van der Waals surface area contributed by atoms with E-state index >= 15 is 0 Å². The van der Waals surface area contributed by atoms with E-state index in [1.807, 2.05) is 12.1 Å². The van der Waals surface area contributed by atoms with E-state index in [4.69, 9.17) is 9.47 Å². The van der Waals surface area contributed by atoms with Crippen LogP contribution in [0.15, 0.2) is 48.2 Å². The van der Waals surface area contributed by atoms with Crippen molar-refractivity contribution < 1.29 is 29.3 Å². The van der Waals surface area contributed by atoms with Crippen molar-refractivity contribution in [3.05, 3.63) is 59.3 Å². The fourth-order valence-corrected chi connectivity index (χ4v) is 4.92. The molecule has 4 aliphatic heterocycles. The van der Waals surface area contributed by atoms with Crippen LogP contribution in [0.3, 0.4) is 0 Å². The maximum atomic E-state index is 13.3. The fourth-order valence-electron chi connectivity index (χ4n) is 4.92. The van der Waals surface area contributed by atoms with E-state index in [0.717, 1.165) is 5.56 Å². The minimum absolute atomic E-state index is 0.0381. The molecule has 2 aromatic rings. The molecule has 2 N–H and O–H groups in total. The highest BCUT2D eigenvalue weighted by atomic mass is 16.7. The number of anilines is 1. The maximum absolute atomic E-state index is 13.3. The summed E-state index contributed by atoms with van der Waals surface area (Å²) in [6.45, 7) is 0.150. The summed E-state index contributed by atoms with van der Waals surface area (Å²) in [4.78, 5) is 28.2. The molecule has 6 rings (SSSR count). The quantitative estimate of drug-likeness (QED) is 0.747. The van der Waals surface area contributed by atoms with Crippen molar-refractivity contribution in [1.29, 1.82) is 0 Å². The third-order valence-corrected chi connectivity index (χ3v) is 6.10. The van der Waals surface area contributed by atoms with Crippen LogP contribution in [0.1, 0.15) is 17.5 Å². The van der Waals surface area contributed by atoms with Crippen LogP contribution < -0.4 is 14.4 Å². The largest absolute Gasteiger partial charge is 0.480 e. The zero-order valence-corrected chi connectivity index (χ0v) is 15.1. The topological polar surface area (TPSA) is 99.5 Å². The molecule has 0 aromatic heterocycles. The zero-order valence-electron chi connectivity index (χ0n) is 15.1. The molecule has 1 amide bonds. The third kappa shape index (κ3) is 1.96. The predicted octanol–water partition coefficient (Wildman–Crippen LogP) is 1.49. The van der Waals surface area contributed by atoms with Gasteiger partial charge in [-0.1, -0.05) is 24.3 Å². The first-order valence-corrected chi connectivity index (χ1v) is 9.27. The molecule has 0 aliphatic carbocycles. The normalized spacial score (nSPS) is 29.6. The van der Waals surface area contributed by atoms with Crippen LogP contribution in [-0.2, 0) is 15.2 Å². The number of carbonyl (C=O) groups excluding carboxylic acids is 1. The zero-order chi connectivity index (χ0) is 19.9. The first kappa shape index (κ1) is 16.4. The summed E-state index contributed by atoms with van der Waals surface area (Å²) in [6.07, 6.45) is 0.891. The number of nitrogens with zero attached hydrogens (tertiary/aromatic N) is 2. The van der Waals surface area contributed by atoms with Crippen LogP contribution in [-0.4, -0.2) is 46.0 Å². The maximum Gasteiger partial charge on any atom is 0.326 e. The van der Waals surface area contributed by atoms with Gasteiger partial charge in [-0.05, 0) is 29.8 Å². The number of carbonyl (C=O) groups is 2. The molecule has 0 bridgehead atoms. The highest BCUT2D eigenvalue weighted by Crippen LogP contribution is 2.57. The Bertz CT molecular complexity index is 1130. The van der Waals surface area contributed by atoms with Gasteiger partial charge in [-0.2, -0.15) is 0 Å². The summed E-state index contributed by atoms with van der Waals surface area (Å²) >= 11 is 0. The first-order chi connectivity index (χ1) is 14.0. The van der Waals surface area contributed by atoms with E-state index in [9.17, 15) is 19.8 Å². The monoisotopic (exact) mass is 392 g/mol. The molecule has 2 aromatic carbocycles. The smallest absolute Gasteiger partial charge is 0.326 e. The summed E-state index contributed by atoms with van der Waals surface area (Å²) in [5.74, 6) is -0.308. The van der Waals surface area contributed by atoms with E-state index in [1.165, 1.54) is 4.90 Å². The van der Waals surface area contributed by atoms with Crippen LogP contribution in [0.2, 0.25) is 0 Å². The van der Waals surface area contributed by atoms with Crippen molar-refractivity contribution in [2.24, 2.45) is 0 Å². The van der Waals surface area contributed by atoms with Gasteiger partial charge in [0.1, 0.15) is 23.5 Å². The molecule has 3 atom stereocenters. The van der Waals surface area contributed by atoms with E-state index < -0.39 is 29.7 Å². The third-order valence-electron chi connectivity index (χ3n) is 6.10. The number of benzene rings is 2. The van der Waals surface area contributed by atoms with Gasteiger partial charge in [-0.3, -0.25) is 9.69 Å². The molecule has 4 aliphatic rings. The number of rotatable bonds is 2. The molecule has 0 unspecified atom stereocenters. The fraction of sp³-hybridized carbons (Fsp3) is 0.238. The second kappa shape index (κ2) is 5.30. The van der Waals surface area contributed by atoms with Crippen LogP contribution in [0.4, 0.5) is 5.69 Å². The van der Waals surface area contributed by atoms with Crippen molar-refractivity contribution >= 4 is 23.6 Å². The summed E-state index contributed by atoms with van der Waals surface area (Å²) in [7, 11) is 0. The van der Waals surface area contributed by atoms with Crippen molar-refractivity contribution in [3.8, 4) is 11.5 Å². The van der Waals surface area contributed by atoms with Gasteiger partial charge >= 0.3 is 5.97 Å². The Kier molecular flexibility index (Phi) is 3.00. The number of carboxylic acid groups (broad SMARTS) is 1. The Balaban J connectivity index is 1.53. The summed E-state index contributed by atoms with van der Waals surface area (Å²) in [5, 5.41) is 21.1. The van der Waals surface area contributed by atoms with Gasteiger partial charge in [-0.25, -0.2) is 4.79 Å². The number of hydrogen-bond donors (Lipinski definition) is 2. The lowest BCUT2D eigenvalue weighted by Gasteiger charge is -2.26. The van der Waals surface area contributed by atoms with Crippen molar-refractivity contribution in [1.82, 2.24) is 4.90 Å². The number of ether oxygens (including phenoxy) is 2. The molecule has 0 radical (unpaired) electrons. The Morgan fingerprint density at radius 2 is 1.97 bits per heavy atom. The Labute approximate surface area is 165 Å². The average Bonchev–Trinajstić information content (AvgIpc) is 3.41. The summed E-state index contributed by atoms with van der Waals surface area (Å²) in [5.41, 5.74) is 0.969. The van der Waals surface area contributed by atoms with Gasteiger partial charge in [0.15, 0.2) is 11.5 Å². The van der Waals surface area contributed by atoms with Gasteiger partial charge in [0.2, 0.25) is 6.79 Å². The minimum Gasteiger partial charge on any atom is -0.480 e.